The zero-order valence-corrected chi connectivity index (χ0v) is 14.7. The van der Waals surface area contributed by atoms with Gasteiger partial charge in [-0.2, -0.15) is 16.8 Å². The van der Waals surface area contributed by atoms with Gasteiger partial charge in [-0.3, -0.25) is 9.11 Å². The van der Waals surface area contributed by atoms with Crippen LogP contribution in [0, 0.1) is 0 Å². The Morgan fingerprint density at radius 1 is 0.905 bits per heavy atom. The Morgan fingerprint density at radius 2 is 1.19 bits per heavy atom. The first-order valence-electron chi connectivity index (χ1n) is 5.56. The summed E-state index contributed by atoms with van der Waals surface area (Å²) in [4.78, 5) is 0. The highest BCUT2D eigenvalue weighted by atomic mass is 32.3. The third-order valence-corrected chi connectivity index (χ3v) is 7.86. The maximum atomic E-state index is 11.0. The van der Waals surface area contributed by atoms with Gasteiger partial charge >= 0.3 is 0 Å². The van der Waals surface area contributed by atoms with E-state index in [4.69, 9.17) is 13.8 Å². The molecule has 0 saturated carbocycles. The van der Waals surface area contributed by atoms with Gasteiger partial charge in [0.1, 0.15) is 20.0 Å². The van der Waals surface area contributed by atoms with Crippen LogP contribution >= 0.6 is 23.5 Å². The number of hydrogen-bond donors (Lipinski definition) is 2. The van der Waals surface area contributed by atoms with Crippen molar-refractivity contribution >= 4 is 43.8 Å². The highest BCUT2D eigenvalue weighted by Crippen LogP contribution is 2.30. The van der Waals surface area contributed by atoms with Crippen LogP contribution in [0.15, 0.2) is 25.3 Å². The van der Waals surface area contributed by atoms with Crippen LogP contribution in [0.5, 0.6) is 0 Å². The molecule has 21 heavy (non-hydrogen) atoms. The van der Waals surface area contributed by atoms with Crippen molar-refractivity contribution in [3.63, 3.8) is 0 Å². The van der Waals surface area contributed by atoms with Crippen LogP contribution in [0.4, 0.5) is 0 Å². The third-order valence-electron chi connectivity index (χ3n) is 2.14. The van der Waals surface area contributed by atoms with Crippen LogP contribution < -0.4 is 0 Å². The molecule has 11 heteroatoms. The summed E-state index contributed by atoms with van der Waals surface area (Å²) in [6, 6.07) is 0. The average molecular weight is 379 g/mol. The molecule has 0 bridgehead atoms. The van der Waals surface area contributed by atoms with E-state index in [0.717, 1.165) is 23.5 Å². The smallest absolute Gasteiger partial charge is 0.277 e. The monoisotopic (exact) mass is 378 g/mol. The lowest BCUT2D eigenvalue weighted by atomic mass is 10.6. The van der Waals surface area contributed by atoms with E-state index < -0.39 is 40.3 Å². The second-order valence-electron chi connectivity index (χ2n) is 3.78. The molecule has 2 N–H and O–H groups in total. The fourth-order valence-electron chi connectivity index (χ4n) is 0.937. The molecule has 0 amide bonds. The molecule has 0 fully saturated rings. The predicted octanol–water partition coefficient (Wildman–Crippen LogP) is 1.96. The Kier molecular flexibility index (Phi) is 8.54. The Labute approximate surface area is 133 Å². The van der Waals surface area contributed by atoms with Crippen molar-refractivity contribution in [3.8, 4) is 0 Å². The van der Waals surface area contributed by atoms with Crippen molar-refractivity contribution in [2.45, 2.75) is 33.9 Å². The van der Waals surface area contributed by atoms with Crippen LogP contribution in [-0.4, -0.2) is 46.0 Å². The van der Waals surface area contributed by atoms with Crippen molar-refractivity contribution in [2.75, 3.05) is 0 Å². The second kappa shape index (κ2) is 8.56. The van der Waals surface area contributed by atoms with Gasteiger partial charge in [0, 0.05) is 0 Å². The first kappa shape index (κ1) is 21.0. The van der Waals surface area contributed by atoms with Crippen LogP contribution in [0.3, 0.4) is 0 Å². The van der Waals surface area contributed by atoms with Crippen molar-refractivity contribution in [2.24, 2.45) is 0 Å². The molecular weight excluding hydrogens is 360 g/mol. The molecule has 124 valence electrons. The minimum Gasteiger partial charge on any atom is -0.345 e. The minimum atomic E-state index is -4.23. The molecule has 0 aliphatic carbocycles. The largest absolute Gasteiger partial charge is 0.345 e. The molecule has 0 aromatic heterocycles. The molecule has 0 saturated heterocycles. The van der Waals surface area contributed by atoms with Crippen LogP contribution in [0.25, 0.3) is 0 Å². The summed E-state index contributed by atoms with van der Waals surface area (Å²) in [5, 5.41) is 0. The van der Waals surface area contributed by atoms with Gasteiger partial charge in [0.25, 0.3) is 20.2 Å². The standard InChI is InChI=1S/C10H18O7S4/c1-5-9(18-7(3)20(11,12)13)17-10(6-2)19-8(4)21(14,15)16/h5-10H,1-2H2,3-4H3,(H,11,12,13)(H,14,15,16). The molecule has 0 aliphatic rings. The van der Waals surface area contributed by atoms with E-state index in [1.54, 1.807) is 0 Å². The Hall–Kier alpha value is -0.0400. The molecule has 0 spiro atoms. The van der Waals surface area contributed by atoms with Crippen molar-refractivity contribution in [1.29, 1.82) is 0 Å². The van der Waals surface area contributed by atoms with Crippen LogP contribution in [0.2, 0.25) is 0 Å². The SMILES string of the molecule is C=CC(OC(C=C)SC(C)S(=O)(=O)O)SC(C)S(=O)(=O)O. The van der Waals surface area contributed by atoms with Gasteiger partial charge in [-0.25, -0.2) is 0 Å². The predicted molar refractivity (Wildman–Crippen MR) is 86.3 cm³/mol. The van der Waals surface area contributed by atoms with Gasteiger partial charge in [-0.1, -0.05) is 25.3 Å². The summed E-state index contributed by atoms with van der Waals surface area (Å²) in [7, 11) is -8.46. The lowest BCUT2D eigenvalue weighted by Crippen LogP contribution is -2.23. The number of thioether (sulfide) groups is 2. The normalized spacial score (nSPS) is 18.5. The Balaban J connectivity index is 4.78. The van der Waals surface area contributed by atoms with E-state index in [0.29, 0.717) is 0 Å². The summed E-state index contributed by atoms with van der Waals surface area (Å²) in [6.07, 6.45) is 2.61. The van der Waals surface area contributed by atoms with Gasteiger partial charge in [0.15, 0.2) is 0 Å². The van der Waals surface area contributed by atoms with Crippen molar-refractivity contribution in [3.05, 3.63) is 25.3 Å². The number of hydrogen-bond acceptors (Lipinski definition) is 7. The van der Waals surface area contributed by atoms with Gasteiger partial charge in [-0.15, -0.1) is 23.5 Å². The summed E-state index contributed by atoms with van der Waals surface area (Å²) >= 11 is 1.56. The molecule has 7 nitrogen and oxygen atoms in total. The average Bonchev–Trinajstić information content (AvgIpc) is 2.33. The van der Waals surface area contributed by atoms with E-state index >= 15 is 0 Å². The maximum Gasteiger partial charge on any atom is 0.277 e. The van der Waals surface area contributed by atoms with E-state index in [-0.39, 0.29) is 0 Å². The molecule has 0 heterocycles. The third kappa shape index (κ3) is 8.24. The van der Waals surface area contributed by atoms with Crippen LogP contribution in [0.1, 0.15) is 13.8 Å². The van der Waals surface area contributed by atoms with Crippen molar-refractivity contribution < 1.29 is 30.7 Å². The van der Waals surface area contributed by atoms with Gasteiger partial charge < -0.3 is 4.74 Å². The highest BCUT2D eigenvalue weighted by Gasteiger charge is 2.26. The minimum absolute atomic E-state index is 0.779. The van der Waals surface area contributed by atoms with Gasteiger partial charge in [0.2, 0.25) is 0 Å². The molecule has 4 unspecified atom stereocenters. The summed E-state index contributed by atoms with van der Waals surface area (Å²) in [5.74, 6) is 0. The molecule has 0 aromatic rings. The maximum absolute atomic E-state index is 11.0. The summed E-state index contributed by atoms with van der Waals surface area (Å²) < 4.78 is 64.7. The summed E-state index contributed by atoms with van der Waals surface area (Å²) in [6.45, 7) is 9.50. The molecule has 4 atom stereocenters. The second-order valence-corrected chi connectivity index (χ2v) is 10.7. The zero-order chi connectivity index (χ0) is 16.8. The number of rotatable bonds is 10. The molecule has 0 aliphatic heterocycles. The van der Waals surface area contributed by atoms with Crippen molar-refractivity contribution in [1.82, 2.24) is 0 Å². The fourth-order valence-corrected chi connectivity index (χ4v) is 4.13. The van der Waals surface area contributed by atoms with Gasteiger partial charge in [0.05, 0.1) is 0 Å². The lowest BCUT2D eigenvalue weighted by Gasteiger charge is -2.22. The number of ether oxygens (including phenoxy) is 1. The van der Waals surface area contributed by atoms with Crippen LogP contribution in [-0.2, 0) is 25.0 Å². The molecular formula is C10H18O7S4. The zero-order valence-electron chi connectivity index (χ0n) is 11.4. The highest BCUT2D eigenvalue weighted by molar-refractivity contribution is 8.12. The first-order valence-corrected chi connectivity index (χ1v) is 10.4. The topological polar surface area (TPSA) is 118 Å². The Morgan fingerprint density at radius 3 is 1.38 bits per heavy atom. The van der Waals surface area contributed by atoms with E-state index in [1.807, 2.05) is 0 Å². The molecule has 0 rings (SSSR count). The lowest BCUT2D eigenvalue weighted by molar-refractivity contribution is 0.147. The van der Waals surface area contributed by atoms with E-state index in [1.165, 1.54) is 26.0 Å². The van der Waals surface area contributed by atoms with E-state index in [2.05, 4.69) is 13.2 Å². The van der Waals surface area contributed by atoms with E-state index in [9.17, 15) is 16.8 Å². The fraction of sp³-hybridized carbons (Fsp3) is 0.600. The first-order chi connectivity index (χ1) is 9.41. The quantitative estimate of drug-likeness (QED) is 0.334. The molecule has 0 radical (unpaired) electrons. The Bertz CT molecular complexity index is 504. The summed E-state index contributed by atoms with van der Waals surface area (Å²) in [5.41, 5.74) is -1.63. The van der Waals surface area contributed by atoms with Gasteiger partial charge in [-0.05, 0) is 13.8 Å². The molecule has 0 aromatic carbocycles.